The van der Waals surface area contributed by atoms with Crippen LogP contribution >= 0.6 is 11.8 Å². The van der Waals surface area contributed by atoms with E-state index in [0.717, 1.165) is 17.7 Å². The number of benzene rings is 1. The first-order valence-electron chi connectivity index (χ1n) is 9.38. The van der Waals surface area contributed by atoms with E-state index < -0.39 is 6.04 Å². The van der Waals surface area contributed by atoms with Crippen LogP contribution in [-0.2, 0) is 9.59 Å². The Kier molecular flexibility index (Phi) is 7.71. The van der Waals surface area contributed by atoms with Gasteiger partial charge in [0, 0.05) is 24.9 Å². The fourth-order valence-electron chi connectivity index (χ4n) is 3.28. The number of rotatable bonds is 9. The number of anilines is 1. The summed E-state index contributed by atoms with van der Waals surface area (Å²) in [6.07, 6.45) is 4.11. The molecule has 1 aromatic carbocycles. The van der Waals surface area contributed by atoms with Crippen molar-refractivity contribution in [3.05, 3.63) is 24.3 Å². The number of carbonyl (C=O) groups is 3. The second-order valence-electron chi connectivity index (χ2n) is 7.17. The Hall–Kier alpha value is -2.02. The van der Waals surface area contributed by atoms with E-state index in [9.17, 15) is 14.4 Å². The van der Waals surface area contributed by atoms with Crippen molar-refractivity contribution >= 4 is 35.3 Å². The van der Waals surface area contributed by atoms with Gasteiger partial charge in [0.1, 0.15) is 6.04 Å². The lowest BCUT2D eigenvalue weighted by molar-refractivity contribution is -0.120. The molecule has 0 spiro atoms. The highest BCUT2D eigenvalue weighted by Gasteiger charge is 2.45. The Morgan fingerprint density at radius 3 is 2.56 bits per heavy atom. The zero-order valence-electron chi connectivity index (χ0n) is 16.5. The number of carbonyl (C=O) groups excluding carboxylic acids is 3. The topological polar surface area (TPSA) is 69.7 Å². The number of hydrogen-bond donors (Lipinski definition) is 1. The van der Waals surface area contributed by atoms with Crippen LogP contribution in [0.2, 0.25) is 0 Å². The average Bonchev–Trinajstić information content (AvgIpc) is 2.84. The third-order valence-electron chi connectivity index (χ3n) is 4.48. The standard InChI is InChI=1S/C20H29N3O3S/c1-14(2)13-22-17(10-7-8-12-21-15(3)24)19(25)23(20(22)26)16-9-5-6-11-18(16)27-4/h5-6,9,11,14,17H,7-8,10,12-13H2,1-4H3,(H,21,24)/t17-/m0/s1. The summed E-state index contributed by atoms with van der Waals surface area (Å²) in [6.45, 7) is 6.73. The van der Waals surface area contributed by atoms with Gasteiger partial charge in [0.25, 0.3) is 5.91 Å². The van der Waals surface area contributed by atoms with E-state index in [0.29, 0.717) is 25.2 Å². The SMILES string of the molecule is CSc1ccccc1N1C(=O)[C@H](CCCCNC(C)=O)N(CC(C)C)C1=O. The number of nitrogens with zero attached hydrogens (tertiary/aromatic N) is 2. The summed E-state index contributed by atoms with van der Waals surface area (Å²) in [5.41, 5.74) is 0.662. The largest absolute Gasteiger partial charge is 0.356 e. The fraction of sp³-hybridized carbons (Fsp3) is 0.550. The van der Waals surface area contributed by atoms with Gasteiger partial charge in [0.05, 0.1) is 5.69 Å². The third kappa shape index (κ3) is 5.25. The van der Waals surface area contributed by atoms with Gasteiger partial charge in [-0.2, -0.15) is 0 Å². The zero-order chi connectivity index (χ0) is 20.0. The predicted octanol–water partition coefficient (Wildman–Crippen LogP) is 3.51. The molecular weight excluding hydrogens is 362 g/mol. The highest BCUT2D eigenvalue weighted by atomic mass is 32.2. The van der Waals surface area contributed by atoms with Crippen LogP contribution in [0, 0.1) is 5.92 Å². The number of hydrogen-bond acceptors (Lipinski definition) is 4. The summed E-state index contributed by atoms with van der Waals surface area (Å²) in [5, 5.41) is 2.77. The van der Waals surface area contributed by atoms with Gasteiger partial charge in [-0.15, -0.1) is 11.8 Å². The van der Waals surface area contributed by atoms with Gasteiger partial charge in [0.2, 0.25) is 5.91 Å². The minimum atomic E-state index is -0.438. The Labute approximate surface area is 165 Å². The van der Waals surface area contributed by atoms with Gasteiger partial charge in [-0.1, -0.05) is 26.0 Å². The molecule has 2 rings (SSSR count). The average molecular weight is 392 g/mol. The van der Waals surface area contributed by atoms with Crippen LogP contribution in [0.25, 0.3) is 0 Å². The summed E-state index contributed by atoms with van der Waals surface area (Å²) in [5.74, 6) is 0.0736. The van der Waals surface area contributed by atoms with E-state index in [1.165, 1.54) is 23.6 Å². The molecule has 0 aromatic heterocycles. The molecular formula is C20H29N3O3S. The number of amides is 4. The van der Waals surface area contributed by atoms with Crippen LogP contribution in [0.5, 0.6) is 0 Å². The van der Waals surface area contributed by atoms with E-state index in [1.807, 2.05) is 44.4 Å². The lowest BCUT2D eigenvalue weighted by Gasteiger charge is -2.23. The lowest BCUT2D eigenvalue weighted by atomic mass is 10.1. The molecule has 27 heavy (non-hydrogen) atoms. The summed E-state index contributed by atoms with van der Waals surface area (Å²) in [6, 6.07) is 6.84. The summed E-state index contributed by atoms with van der Waals surface area (Å²) >= 11 is 1.53. The van der Waals surface area contributed by atoms with Crippen molar-refractivity contribution in [3.63, 3.8) is 0 Å². The summed E-state index contributed by atoms with van der Waals surface area (Å²) in [4.78, 5) is 41.1. The monoisotopic (exact) mass is 391 g/mol. The second-order valence-corrected chi connectivity index (χ2v) is 8.02. The quantitative estimate of drug-likeness (QED) is 0.397. The highest BCUT2D eigenvalue weighted by Crippen LogP contribution is 2.34. The van der Waals surface area contributed by atoms with Crippen LogP contribution < -0.4 is 10.2 Å². The van der Waals surface area contributed by atoms with Crippen LogP contribution in [0.1, 0.15) is 40.0 Å². The molecule has 0 radical (unpaired) electrons. The molecule has 0 aliphatic carbocycles. The van der Waals surface area contributed by atoms with Gasteiger partial charge in [-0.3, -0.25) is 9.59 Å². The van der Waals surface area contributed by atoms with Gasteiger partial charge >= 0.3 is 6.03 Å². The third-order valence-corrected chi connectivity index (χ3v) is 5.27. The van der Waals surface area contributed by atoms with Crippen LogP contribution in [0.4, 0.5) is 10.5 Å². The van der Waals surface area contributed by atoms with Crippen molar-refractivity contribution in [1.29, 1.82) is 0 Å². The summed E-state index contributed by atoms with van der Waals surface area (Å²) < 4.78 is 0. The van der Waals surface area contributed by atoms with Crippen molar-refractivity contribution in [2.45, 2.75) is 51.0 Å². The van der Waals surface area contributed by atoms with E-state index >= 15 is 0 Å². The fourth-order valence-corrected chi connectivity index (χ4v) is 3.86. The highest BCUT2D eigenvalue weighted by molar-refractivity contribution is 7.98. The Bertz CT molecular complexity index is 693. The molecule has 0 unspecified atom stereocenters. The Morgan fingerprint density at radius 2 is 1.93 bits per heavy atom. The molecule has 4 amide bonds. The minimum Gasteiger partial charge on any atom is -0.356 e. The second kappa shape index (κ2) is 9.78. The Morgan fingerprint density at radius 1 is 1.22 bits per heavy atom. The van der Waals surface area contributed by atoms with Crippen LogP contribution in [-0.4, -0.2) is 48.1 Å². The molecule has 148 valence electrons. The van der Waals surface area contributed by atoms with Crippen molar-refractivity contribution < 1.29 is 14.4 Å². The first-order chi connectivity index (χ1) is 12.9. The number of imide groups is 1. The number of unbranched alkanes of at least 4 members (excludes halogenated alkanes) is 1. The van der Waals surface area contributed by atoms with Crippen LogP contribution in [0.15, 0.2) is 29.2 Å². The van der Waals surface area contributed by atoms with Gasteiger partial charge in [-0.25, -0.2) is 9.69 Å². The molecule has 1 aliphatic heterocycles. The molecule has 0 bridgehead atoms. The maximum Gasteiger partial charge on any atom is 0.332 e. The normalized spacial score (nSPS) is 17.1. The molecule has 0 saturated carbocycles. The van der Waals surface area contributed by atoms with Crippen molar-refractivity contribution in [2.75, 3.05) is 24.2 Å². The number of urea groups is 1. The number of thioether (sulfide) groups is 1. The maximum atomic E-state index is 13.1. The molecule has 1 fully saturated rings. The van der Waals surface area contributed by atoms with Crippen molar-refractivity contribution in [1.82, 2.24) is 10.2 Å². The van der Waals surface area contributed by atoms with E-state index in [1.54, 1.807) is 4.90 Å². The molecule has 1 aliphatic rings. The Balaban J connectivity index is 2.17. The molecule has 1 aromatic rings. The smallest absolute Gasteiger partial charge is 0.332 e. The number of nitrogens with one attached hydrogen (secondary N) is 1. The van der Waals surface area contributed by atoms with E-state index in [4.69, 9.17) is 0 Å². The van der Waals surface area contributed by atoms with Gasteiger partial charge in [0.15, 0.2) is 0 Å². The summed E-state index contributed by atoms with van der Waals surface area (Å²) in [7, 11) is 0. The van der Waals surface area contributed by atoms with Crippen LogP contribution in [0.3, 0.4) is 0 Å². The molecule has 1 N–H and O–H groups in total. The number of para-hydroxylation sites is 1. The first-order valence-corrected chi connectivity index (χ1v) is 10.6. The first kappa shape index (κ1) is 21.3. The van der Waals surface area contributed by atoms with Gasteiger partial charge < -0.3 is 10.2 Å². The predicted molar refractivity (Wildman–Crippen MR) is 109 cm³/mol. The molecule has 7 heteroatoms. The maximum absolute atomic E-state index is 13.1. The molecule has 1 atom stereocenters. The van der Waals surface area contributed by atoms with E-state index in [2.05, 4.69) is 5.32 Å². The molecule has 6 nitrogen and oxygen atoms in total. The zero-order valence-corrected chi connectivity index (χ0v) is 17.3. The molecule has 1 heterocycles. The minimum absolute atomic E-state index is 0.0524. The molecule has 1 saturated heterocycles. The van der Waals surface area contributed by atoms with Gasteiger partial charge in [-0.05, 0) is 43.6 Å². The van der Waals surface area contributed by atoms with E-state index in [-0.39, 0.29) is 23.8 Å². The van der Waals surface area contributed by atoms with Crippen molar-refractivity contribution in [3.8, 4) is 0 Å². The van der Waals surface area contributed by atoms with Crippen molar-refractivity contribution in [2.24, 2.45) is 5.92 Å². The lowest BCUT2D eigenvalue weighted by Crippen LogP contribution is -2.38.